The minimum atomic E-state index is -0.696. The molecule has 0 bridgehead atoms. The molecule has 6 nitrogen and oxygen atoms in total. The first kappa shape index (κ1) is 19.6. The maximum Gasteiger partial charge on any atom is 0.341 e. The minimum absolute atomic E-state index is 0.336. The summed E-state index contributed by atoms with van der Waals surface area (Å²) in [6.45, 7) is 0.671. The molecule has 1 unspecified atom stereocenters. The highest BCUT2D eigenvalue weighted by molar-refractivity contribution is 5.81. The first-order chi connectivity index (χ1) is 15.0. The molecule has 0 radical (unpaired) electrons. The van der Waals surface area contributed by atoms with E-state index in [9.17, 15) is 18.0 Å². The molecule has 1 N–H and O–H groups in total. The van der Waals surface area contributed by atoms with Gasteiger partial charge in [0, 0.05) is 43.4 Å². The molecule has 1 atom stereocenters. The van der Waals surface area contributed by atoms with Crippen LogP contribution in [0.1, 0.15) is 36.4 Å². The fourth-order valence-electron chi connectivity index (χ4n) is 3.76. The number of hydrazone groups is 1. The molecule has 3 heterocycles. The summed E-state index contributed by atoms with van der Waals surface area (Å²) >= 11 is 0. The zero-order chi connectivity index (χ0) is 21.5. The van der Waals surface area contributed by atoms with Crippen LogP contribution in [-0.4, -0.2) is 46.3 Å². The second-order valence-corrected chi connectivity index (χ2v) is 8.05. The number of hydrogen-bond donors (Lipinski definition) is 1. The Morgan fingerprint density at radius 1 is 1.10 bits per heavy atom. The van der Waals surface area contributed by atoms with Gasteiger partial charge >= 0.3 is 6.03 Å². The van der Waals surface area contributed by atoms with Crippen molar-refractivity contribution < 1.29 is 18.0 Å². The van der Waals surface area contributed by atoms with E-state index in [4.69, 9.17) is 0 Å². The fraction of sp³-hybridized carbons (Fsp3) is 0.318. The normalized spacial score (nSPS) is 20.1. The van der Waals surface area contributed by atoms with E-state index in [-0.39, 0.29) is 6.03 Å². The highest BCUT2D eigenvalue weighted by Gasteiger charge is 2.35. The summed E-state index contributed by atoms with van der Waals surface area (Å²) in [6.07, 6.45) is 7.04. The first-order valence-corrected chi connectivity index (χ1v) is 10.1. The van der Waals surface area contributed by atoms with E-state index in [2.05, 4.69) is 15.4 Å². The summed E-state index contributed by atoms with van der Waals surface area (Å²) in [5.41, 5.74) is 1.68. The van der Waals surface area contributed by atoms with E-state index in [1.165, 1.54) is 23.3 Å². The number of nitrogens with zero attached hydrogens (tertiary/aromatic N) is 4. The van der Waals surface area contributed by atoms with Crippen LogP contribution in [0.3, 0.4) is 0 Å². The summed E-state index contributed by atoms with van der Waals surface area (Å²) in [7, 11) is 0. The van der Waals surface area contributed by atoms with Crippen LogP contribution in [0.4, 0.5) is 23.8 Å². The van der Waals surface area contributed by atoms with Gasteiger partial charge in [-0.15, -0.1) is 0 Å². The van der Waals surface area contributed by atoms with E-state index in [0.717, 1.165) is 24.5 Å². The molecule has 2 aliphatic heterocycles. The highest BCUT2D eigenvalue weighted by Crippen LogP contribution is 2.32. The van der Waals surface area contributed by atoms with Crippen LogP contribution in [0.5, 0.6) is 0 Å². The summed E-state index contributed by atoms with van der Waals surface area (Å²) in [6, 6.07) is 4.39. The molecule has 9 heteroatoms. The molecule has 1 saturated heterocycles. The molecule has 160 valence electrons. The van der Waals surface area contributed by atoms with Crippen molar-refractivity contribution >= 4 is 24.1 Å². The van der Waals surface area contributed by atoms with Crippen LogP contribution in [0.15, 0.2) is 41.1 Å². The Morgan fingerprint density at radius 2 is 1.84 bits per heavy atom. The molecule has 0 spiro atoms. The monoisotopic (exact) mass is 427 g/mol. The number of urea groups is 1. The van der Waals surface area contributed by atoms with Gasteiger partial charge < -0.3 is 10.2 Å². The summed E-state index contributed by atoms with van der Waals surface area (Å²) in [5, 5.41) is 8.58. The number of halogens is 3. The molecular formula is C22H20F3N5O. The van der Waals surface area contributed by atoms with Gasteiger partial charge in [-0.05, 0) is 48.3 Å². The number of amides is 2. The van der Waals surface area contributed by atoms with Crippen molar-refractivity contribution in [2.75, 3.05) is 18.4 Å². The molecule has 31 heavy (non-hydrogen) atoms. The van der Waals surface area contributed by atoms with Crippen LogP contribution in [0, 0.1) is 17.5 Å². The van der Waals surface area contributed by atoms with Crippen molar-refractivity contribution in [3.05, 3.63) is 64.6 Å². The zero-order valence-electron chi connectivity index (χ0n) is 16.6. The largest absolute Gasteiger partial charge is 0.367 e. The van der Waals surface area contributed by atoms with E-state index in [1.54, 1.807) is 23.3 Å². The van der Waals surface area contributed by atoms with Crippen LogP contribution >= 0.6 is 0 Å². The maximum absolute atomic E-state index is 14.1. The van der Waals surface area contributed by atoms with Crippen molar-refractivity contribution in [1.82, 2.24) is 14.9 Å². The Labute approximate surface area is 177 Å². The SMILES string of the molecule is O=C(N1CC(=Cc2cc(NC3CC3)ncc2F)C1)N1N=CCC1c1cc(F)cc(F)c1. The van der Waals surface area contributed by atoms with Gasteiger partial charge in [0.2, 0.25) is 0 Å². The smallest absolute Gasteiger partial charge is 0.341 e. The van der Waals surface area contributed by atoms with E-state index < -0.39 is 23.5 Å². The fourth-order valence-corrected chi connectivity index (χ4v) is 3.76. The molecule has 1 aliphatic carbocycles. The number of pyridine rings is 1. The standard InChI is InChI=1S/C22H20F3N5O/c23-16-6-15(7-17(24)9-16)20-3-4-27-30(20)22(31)29-11-13(12-29)5-14-8-21(26-10-19(14)25)28-18-1-2-18/h4-10,18,20H,1-3,11-12H2,(H,26,28). The van der Waals surface area contributed by atoms with Crippen molar-refractivity contribution in [2.45, 2.75) is 31.3 Å². The number of anilines is 1. The molecule has 1 saturated carbocycles. The lowest BCUT2D eigenvalue weighted by molar-refractivity contribution is 0.136. The van der Waals surface area contributed by atoms with Gasteiger partial charge in [-0.2, -0.15) is 5.10 Å². The van der Waals surface area contributed by atoms with E-state index in [0.29, 0.717) is 42.5 Å². The molecule has 2 aromatic rings. The van der Waals surface area contributed by atoms with E-state index in [1.807, 2.05) is 0 Å². The van der Waals surface area contributed by atoms with Gasteiger partial charge in [0.15, 0.2) is 0 Å². The van der Waals surface area contributed by atoms with Crippen molar-refractivity contribution in [3.8, 4) is 0 Å². The number of carbonyl (C=O) groups is 1. The number of benzene rings is 1. The van der Waals surface area contributed by atoms with E-state index >= 15 is 0 Å². The number of aromatic nitrogens is 1. The van der Waals surface area contributed by atoms with Crippen molar-refractivity contribution in [1.29, 1.82) is 0 Å². The minimum Gasteiger partial charge on any atom is -0.367 e. The van der Waals surface area contributed by atoms with Gasteiger partial charge in [0.05, 0.1) is 12.2 Å². The molecule has 3 aliphatic rings. The molecule has 2 amide bonds. The van der Waals surface area contributed by atoms with Gasteiger partial charge in [0.1, 0.15) is 23.3 Å². The lowest BCUT2D eigenvalue weighted by Crippen LogP contribution is -2.49. The topological polar surface area (TPSA) is 60.8 Å². The third kappa shape index (κ3) is 4.12. The van der Waals surface area contributed by atoms with Gasteiger partial charge in [0.25, 0.3) is 0 Å². The predicted molar refractivity (Wildman–Crippen MR) is 110 cm³/mol. The lowest BCUT2D eigenvalue weighted by atomic mass is 10.0. The van der Waals surface area contributed by atoms with Gasteiger partial charge in [-0.25, -0.2) is 28.0 Å². The second kappa shape index (κ2) is 7.72. The van der Waals surface area contributed by atoms with Crippen LogP contribution < -0.4 is 5.32 Å². The third-order valence-electron chi connectivity index (χ3n) is 5.53. The Kier molecular flexibility index (Phi) is 4.88. The Balaban J connectivity index is 1.26. The maximum atomic E-state index is 14.1. The number of nitrogens with one attached hydrogen (secondary N) is 1. The zero-order valence-corrected chi connectivity index (χ0v) is 16.6. The number of rotatable bonds is 4. The highest BCUT2D eigenvalue weighted by atomic mass is 19.1. The summed E-state index contributed by atoms with van der Waals surface area (Å²) in [4.78, 5) is 18.5. The Hall–Kier alpha value is -3.36. The lowest BCUT2D eigenvalue weighted by Gasteiger charge is -2.37. The van der Waals surface area contributed by atoms with Crippen LogP contribution in [0.2, 0.25) is 0 Å². The molecule has 1 aromatic carbocycles. The Morgan fingerprint density at radius 3 is 2.55 bits per heavy atom. The average molecular weight is 427 g/mol. The summed E-state index contributed by atoms with van der Waals surface area (Å²) in [5.74, 6) is -1.17. The average Bonchev–Trinajstić information content (AvgIpc) is 3.36. The molecular weight excluding hydrogens is 407 g/mol. The number of likely N-dealkylation sites (tertiary alicyclic amines) is 1. The molecule has 1 aromatic heterocycles. The molecule has 5 rings (SSSR count). The van der Waals surface area contributed by atoms with Crippen molar-refractivity contribution in [3.63, 3.8) is 0 Å². The quantitative estimate of drug-likeness (QED) is 0.791. The van der Waals surface area contributed by atoms with Crippen LogP contribution in [0.25, 0.3) is 6.08 Å². The van der Waals surface area contributed by atoms with Crippen molar-refractivity contribution in [2.24, 2.45) is 5.10 Å². The third-order valence-corrected chi connectivity index (χ3v) is 5.53. The first-order valence-electron chi connectivity index (χ1n) is 10.1. The molecule has 2 fully saturated rings. The second-order valence-electron chi connectivity index (χ2n) is 8.05. The van der Waals surface area contributed by atoms with Crippen LogP contribution in [-0.2, 0) is 0 Å². The van der Waals surface area contributed by atoms with Gasteiger partial charge in [-0.3, -0.25) is 0 Å². The number of hydrogen-bond acceptors (Lipinski definition) is 4. The van der Waals surface area contributed by atoms with Gasteiger partial charge in [-0.1, -0.05) is 0 Å². The number of carbonyl (C=O) groups excluding carboxylic acids is 1. The Bertz CT molecular complexity index is 1070. The summed E-state index contributed by atoms with van der Waals surface area (Å²) < 4.78 is 41.3. The predicted octanol–water partition coefficient (Wildman–Crippen LogP) is 4.33.